The Kier molecular flexibility index (Phi) is 4.81. The minimum absolute atomic E-state index is 0.205. The first kappa shape index (κ1) is 16.5. The highest BCUT2D eigenvalue weighted by Gasteiger charge is 2.34. The second kappa shape index (κ2) is 7.01. The Morgan fingerprint density at radius 1 is 1.17 bits per heavy atom. The molecule has 1 atom stereocenters. The number of carbonyl (C=O) groups is 2. The van der Waals surface area contributed by atoms with Gasteiger partial charge in [-0.05, 0) is 55.3 Å². The fourth-order valence-electron chi connectivity index (χ4n) is 2.83. The summed E-state index contributed by atoms with van der Waals surface area (Å²) in [6.07, 6.45) is 1.33. The molecule has 0 radical (unpaired) electrons. The van der Waals surface area contributed by atoms with Gasteiger partial charge in [0, 0.05) is 22.8 Å². The van der Waals surface area contributed by atoms with Gasteiger partial charge in [0.25, 0.3) is 5.91 Å². The van der Waals surface area contributed by atoms with Crippen molar-refractivity contribution in [2.24, 2.45) is 0 Å². The van der Waals surface area contributed by atoms with Crippen molar-refractivity contribution in [1.29, 1.82) is 0 Å². The van der Waals surface area contributed by atoms with E-state index in [1.807, 2.05) is 0 Å². The normalized spacial score (nSPS) is 16.9. The molecule has 2 aromatic rings. The lowest BCUT2D eigenvalue weighted by atomic mass is 10.1. The van der Waals surface area contributed by atoms with Crippen molar-refractivity contribution in [3.63, 3.8) is 0 Å². The van der Waals surface area contributed by atoms with Crippen LogP contribution < -0.4 is 5.32 Å². The molecule has 1 N–H and O–H groups in total. The van der Waals surface area contributed by atoms with Crippen LogP contribution in [0.3, 0.4) is 0 Å². The quantitative estimate of drug-likeness (QED) is 0.920. The molecule has 2 aromatic carbocycles. The molecule has 1 fully saturated rings. The molecule has 124 valence electrons. The number of anilines is 1. The van der Waals surface area contributed by atoms with Gasteiger partial charge in [-0.25, -0.2) is 4.39 Å². The summed E-state index contributed by atoms with van der Waals surface area (Å²) in [6.45, 7) is 0.517. The number of nitrogens with one attached hydrogen (secondary N) is 1. The van der Waals surface area contributed by atoms with E-state index in [1.165, 1.54) is 18.2 Å². The van der Waals surface area contributed by atoms with Crippen LogP contribution in [-0.2, 0) is 4.79 Å². The van der Waals surface area contributed by atoms with Crippen LogP contribution >= 0.6 is 11.6 Å². The molecule has 0 bridgehead atoms. The molecule has 6 heteroatoms. The molecule has 1 aliphatic heterocycles. The van der Waals surface area contributed by atoms with Crippen molar-refractivity contribution >= 4 is 29.1 Å². The van der Waals surface area contributed by atoms with E-state index in [4.69, 9.17) is 11.6 Å². The van der Waals surface area contributed by atoms with E-state index in [0.717, 1.165) is 6.42 Å². The van der Waals surface area contributed by atoms with Crippen molar-refractivity contribution in [3.05, 3.63) is 64.9 Å². The molecule has 4 nitrogen and oxygen atoms in total. The predicted molar refractivity (Wildman–Crippen MR) is 90.5 cm³/mol. The van der Waals surface area contributed by atoms with Crippen LogP contribution in [0, 0.1) is 5.82 Å². The van der Waals surface area contributed by atoms with Crippen molar-refractivity contribution in [3.8, 4) is 0 Å². The lowest BCUT2D eigenvalue weighted by Gasteiger charge is -2.24. The number of carbonyl (C=O) groups excluding carboxylic acids is 2. The van der Waals surface area contributed by atoms with Crippen LogP contribution in [0.15, 0.2) is 48.5 Å². The standard InChI is InChI=1S/C18H16ClFN2O2/c19-13-8-6-12(7-9-13)18(24)22-10-2-5-16(22)17(23)21-15-4-1-3-14(20)11-15/h1,3-4,6-9,11,16H,2,5,10H2,(H,21,23). The van der Waals surface area contributed by atoms with Crippen molar-refractivity contribution < 1.29 is 14.0 Å². The summed E-state index contributed by atoms with van der Waals surface area (Å²) in [6, 6.07) is 11.7. The predicted octanol–water partition coefficient (Wildman–Crippen LogP) is 3.72. The van der Waals surface area contributed by atoms with Gasteiger partial charge in [-0.15, -0.1) is 0 Å². The van der Waals surface area contributed by atoms with Crippen molar-refractivity contribution in [2.75, 3.05) is 11.9 Å². The Morgan fingerprint density at radius 2 is 1.92 bits per heavy atom. The van der Waals surface area contributed by atoms with Gasteiger partial charge < -0.3 is 10.2 Å². The smallest absolute Gasteiger partial charge is 0.254 e. The first-order valence-corrected chi connectivity index (χ1v) is 8.05. The maximum Gasteiger partial charge on any atom is 0.254 e. The Bertz CT molecular complexity index is 764. The molecule has 3 rings (SSSR count). The molecule has 1 aliphatic rings. The highest BCUT2D eigenvalue weighted by atomic mass is 35.5. The van der Waals surface area contributed by atoms with E-state index in [9.17, 15) is 14.0 Å². The Labute approximate surface area is 144 Å². The molecule has 0 saturated carbocycles. The third-order valence-corrected chi connectivity index (χ3v) is 4.25. The number of halogens is 2. The molecule has 0 spiro atoms. The maximum atomic E-state index is 13.2. The summed E-state index contributed by atoms with van der Waals surface area (Å²) >= 11 is 5.84. The van der Waals surface area contributed by atoms with Crippen molar-refractivity contribution in [1.82, 2.24) is 4.90 Å². The third-order valence-electron chi connectivity index (χ3n) is 4.00. The van der Waals surface area contributed by atoms with E-state index in [2.05, 4.69) is 5.32 Å². The summed E-state index contributed by atoms with van der Waals surface area (Å²) in [5, 5.41) is 3.23. The summed E-state index contributed by atoms with van der Waals surface area (Å²) in [5.74, 6) is -0.933. The number of hydrogen-bond donors (Lipinski definition) is 1. The second-order valence-corrected chi connectivity index (χ2v) is 6.10. The number of likely N-dealkylation sites (tertiary alicyclic amines) is 1. The molecule has 0 aliphatic carbocycles. The number of nitrogens with zero attached hydrogens (tertiary/aromatic N) is 1. The highest BCUT2D eigenvalue weighted by Crippen LogP contribution is 2.22. The number of hydrogen-bond acceptors (Lipinski definition) is 2. The van der Waals surface area contributed by atoms with Crippen LogP contribution in [0.5, 0.6) is 0 Å². The zero-order valence-electron chi connectivity index (χ0n) is 12.8. The largest absolute Gasteiger partial charge is 0.327 e. The maximum absolute atomic E-state index is 13.2. The van der Waals surface area contributed by atoms with Gasteiger partial charge >= 0.3 is 0 Å². The van der Waals surface area contributed by atoms with E-state index in [-0.39, 0.29) is 11.8 Å². The lowest BCUT2D eigenvalue weighted by Crippen LogP contribution is -2.43. The molecule has 1 heterocycles. The topological polar surface area (TPSA) is 49.4 Å². The van der Waals surface area contributed by atoms with Gasteiger partial charge in [-0.3, -0.25) is 9.59 Å². The van der Waals surface area contributed by atoms with Gasteiger partial charge in [0.1, 0.15) is 11.9 Å². The van der Waals surface area contributed by atoms with Crippen LogP contribution in [0.25, 0.3) is 0 Å². The molecule has 1 unspecified atom stereocenters. The minimum Gasteiger partial charge on any atom is -0.327 e. The van der Waals surface area contributed by atoms with Gasteiger partial charge in [0.15, 0.2) is 0 Å². The second-order valence-electron chi connectivity index (χ2n) is 5.66. The summed E-state index contributed by atoms with van der Waals surface area (Å²) in [5.41, 5.74) is 0.871. The molecule has 24 heavy (non-hydrogen) atoms. The fourth-order valence-corrected chi connectivity index (χ4v) is 2.96. The van der Waals surface area contributed by atoms with Crippen LogP contribution in [0.4, 0.5) is 10.1 Å². The average Bonchev–Trinajstić information content (AvgIpc) is 3.04. The van der Waals surface area contributed by atoms with Crippen molar-refractivity contribution in [2.45, 2.75) is 18.9 Å². The summed E-state index contributed by atoms with van der Waals surface area (Å²) in [7, 11) is 0. The Morgan fingerprint density at radius 3 is 2.62 bits per heavy atom. The molecular weight excluding hydrogens is 331 g/mol. The summed E-state index contributed by atoms with van der Waals surface area (Å²) < 4.78 is 13.2. The molecule has 2 amide bonds. The fraction of sp³-hybridized carbons (Fsp3) is 0.222. The number of rotatable bonds is 3. The Balaban J connectivity index is 1.73. The first-order chi connectivity index (χ1) is 11.5. The van der Waals surface area contributed by atoms with E-state index in [1.54, 1.807) is 35.2 Å². The highest BCUT2D eigenvalue weighted by molar-refractivity contribution is 6.30. The van der Waals surface area contributed by atoms with Gasteiger partial charge in [-0.1, -0.05) is 17.7 Å². The van der Waals surface area contributed by atoms with Crippen LogP contribution in [-0.4, -0.2) is 29.3 Å². The van der Waals surface area contributed by atoms with Crippen LogP contribution in [0.2, 0.25) is 5.02 Å². The zero-order chi connectivity index (χ0) is 17.1. The van der Waals surface area contributed by atoms with Gasteiger partial charge in [0.2, 0.25) is 5.91 Å². The molecular formula is C18H16ClFN2O2. The van der Waals surface area contributed by atoms with E-state index >= 15 is 0 Å². The number of benzene rings is 2. The summed E-state index contributed by atoms with van der Waals surface area (Å²) in [4.78, 5) is 26.7. The third kappa shape index (κ3) is 3.57. The number of amides is 2. The SMILES string of the molecule is O=C(Nc1cccc(F)c1)C1CCCN1C(=O)c1ccc(Cl)cc1. The Hall–Kier alpha value is -2.40. The van der Waals surface area contributed by atoms with Crippen LogP contribution in [0.1, 0.15) is 23.2 Å². The molecule has 0 aromatic heterocycles. The van der Waals surface area contributed by atoms with Gasteiger partial charge in [0.05, 0.1) is 0 Å². The van der Waals surface area contributed by atoms with Gasteiger partial charge in [-0.2, -0.15) is 0 Å². The van der Waals surface area contributed by atoms with E-state index < -0.39 is 11.9 Å². The lowest BCUT2D eigenvalue weighted by molar-refractivity contribution is -0.119. The minimum atomic E-state index is -0.559. The molecule has 1 saturated heterocycles. The average molecular weight is 347 g/mol. The zero-order valence-corrected chi connectivity index (χ0v) is 13.6. The first-order valence-electron chi connectivity index (χ1n) is 7.67. The monoisotopic (exact) mass is 346 g/mol. The van der Waals surface area contributed by atoms with E-state index in [0.29, 0.717) is 29.2 Å².